The van der Waals surface area contributed by atoms with Crippen LogP contribution in [-0.2, 0) is 14.8 Å². The van der Waals surface area contributed by atoms with Crippen molar-refractivity contribution >= 4 is 15.9 Å². The van der Waals surface area contributed by atoms with Crippen LogP contribution in [0.5, 0.6) is 0 Å². The molecule has 3 aromatic rings. The predicted octanol–water partition coefficient (Wildman–Crippen LogP) is 3.74. The largest absolute Gasteiger partial charge is 0.341 e. The number of halogens is 1. The summed E-state index contributed by atoms with van der Waals surface area (Å²) in [5.74, 6) is -0.0322. The molecule has 0 N–H and O–H groups in total. The fourth-order valence-corrected chi connectivity index (χ4v) is 6.51. The van der Waals surface area contributed by atoms with Crippen molar-refractivity contribution in [1.29, 1.82) is 0 Å². The molecule has 1 aromatic heterocycles. The van der Waals surface area contributed by atoms with Crippen LogP contribution in [0.25, 0.3) is 11.4 Å². The number of sulfonamides is 1. The Balaban J connectivity index is 1.31. The van der Waals surface area contributed by atoms with Crippen molar-refractivity contribution < 1.29 is 22.1 Å². The fourth-order valence-electron chi connectivity index (χ4n) is 4.86. The Morgan fingerprint density at radius 1 is 1.09 bits per heavy atom. The van der Waals surface area contributed by atoms with E-state index in [2.05, 4.69) is 10.1 Å². The highest BCUT2D eigenvalue weighted by Gasteiger charge is 2.42. The van der Waals surface area contributed by atoms with Gasteiger partial charge in [0.05, 0.1) is 10.8 Å². The molecule has 2 fully saturated rings. The third-order valence-electron chi connectivity index (χ3n) is 6.72. The number of likely N-dealkylation sites (tertiary alicyclic amines) is 1. The maximum atomic E-state index is 13.6. The molecule has 2 atom stereocenters. The van der Waals surface area contributed by atoms with Crippen molar-refractivity contribution in [3.63, 3.8) is 0 Å². The molecule has 2 aliphatic rings. The van der Waals surface area contributed by atoms with Crippen LogP contribution in [0.15, 0.2) is 57.9 Å². The van der Waals surface area contributed by atoms with Crippen LogP contribution in [0.4, 0.5) is 4.39 Å². The van der Waals surface area contributed by atoms with E-state index in [9.17, 15) is 17.6 Å². The first-order valence-electron chi connectivity index (χ1n) is 11.8. The molecule has 0 saturated carbocycles. The quantitative estimate of drug-likeness (QED) is 0.532. The van der Waals surface area contributed by atoms with E-state index in [1.807, 2.05) is 6.92 Å². The van der Waals surface area contributed by atoms with Crippen molar-refractivity contribution in [1.82, 2.24) is 19.3 Å². The first kappa shape index (κ1) is 23.6. The summed E-state index contributed by atoms with van der Waals surface area (Å²) >= 11 is 0. The molecule has 3 heterocycles. The number of nitrogens with zero attached hydrogens (tertiary/aromatic N) is 4. The summed E-state index contributed by atoms with van der Waals surface area (Å²) in [7, 11) is -3.77. The second-order valence-electron chi connectivity index (χ2n) is 9.18. The average molecular weight is 499 g/mol. The van der Waals surface area contributed by atoms with Gasteiger partial charge in [-0.1, -0.05) is 35.0 Å². The zero-order chi connectivity index (χ0) is 24.6. The minimum Gasteiger partial charge on any atom is -0.341 e. The number of hydrogen-bond donors (Lipinski definition) is 0. The van der Waals surface area contributed by atoms with E-state index >= 15 is 0 Å². The highest BCUT2D eigenvalue weighted by Crippen LogP contribution is 2.31. The summed E-state index contributed by atoms with van der Waals surface area (Å²) < 4.78 is 47.0. The number of amides is 1. The smallest absolute Gasteiger partial charge is 0.243 e. The topological polar surface area (TPSA) is 96.6 Å². The minimum absolute atomic E-state index is 0.161. The number of carbonyl (C=O) groups is 1. The molecule has 35 heavy (non-hydrogen) atoms. The van der Waals surface area contributed by atoms with Gasteiger partial charge < -0.3 is 9.42 Å². The van der Waals surface area contributed by atoms with Gasteiger partial charge >= 0.3 is 0 Å². The number of rotatable bonds is 5. The molecule has 5 rings (SSSR count). The van der Waals surface area contributed by atoms with Gasteiger partial charge in [0.15, 0.2) is 0 Å². The zero-order valence-electron chi connectivity index (χ0n) is 19.4. The van der Waals surface area contributed by atoms with Crippen LogP contribution >= 0.6 is 0 Å². The first-order chi connectivity index (χ1) is 16.8. The van der Waals surface area contributed by atoms with Gasteiger partial charge in [-0.3, -0.25) is 4.79 Å². The van der Waals surface area contributed by atoms with E-state index < -0.39 is 16.1 Å². The van der Waals surface area contributed by atoms with E-state index in [-0.39, 0.29) is 22.5 Å². The Morgan fingerprint density at radius 2 is 1.86 bits per heavy atom. The van der Waals surface area contributed by atoms with Gasteiger partial charge in [0.1, 0.15) is 11.9 Å². The van der Waals surface area contributed by atoms with Crippen LogP contribution in [0.1, 0.15) is 43.1 Å². The van der Waals surface area contributed by atoms with Crippen molar-refractivity contribution in [2.75, 3.05) is 19.6 Å². The van der Waals surface area contributed by atoms with E-state index in [0.29, 0.717) is 49.8 Å². The Morgan fingerprint density at radius 3 is 2.63 bits per heavy atom. The van der Waals surface area contributed by atoms with Crippen LogP contribution in [0.2, 0.25) is 0 Å². The molecule has 2 aliphatic heterocycles. The number of hydrogen-bond acceptors (Lipinski definition) is 6. The van der Waals surface area contributed by atoms with E-state index in [1.54, 1.807) is 41.3 Å². The summed E-state index contributed by atoms with van der Waals surface area (Å²) in [4.78, 5) is 19.9. The molecule has 0 radical (unpaired) electrons. The normalized spacial score (nSPS) is 21.4. The lowest BCUT2D eigenvalue weighted by atomic mass is 9.97. The zero-order valence-corrected chi connectivity index (χ0v) is 20.2. The Hall–Kier alpha value is -3.11. The summed E-state index contributed by atoms with van der Waals surface area (Å²) in [6.45, 7) is 3.15. The summed E-state index contributed by atoms with van der Waals surface area (Å²) in [5.41, 5.74) is 1.49. The summed E-state index contributed by atoms with van der Waals surface area (Å²) in [5, 5.41) is 3.99. The van der Waals surface area contributed by atoms with Crippen molar-refractivity contribution in [2.45, 2.75) is 49.5 Å². The predicted molar refractivity (Wildman–Crippen MR) is 126 cm³/mol. The van der Waals surface area contributed by atoms with Crippen molar-refractivity contribution in [3.05, 3.63) is 65.8 Å². The monoisotopic (exact) mass is 498 g/mol. The van der Waals surface area contributed by atoms with Crippen LogP contribution in [-0.4, -0.2) is 59.3 Å². The molecule has 0 aliphatic carbocycles. The molecule has 8 nitrogen and oxygen atoms in total. The van der Waals surface area contributed by atoms with Crippen LogP contribution < -0.4 is 0 Å². The van der Waals surface area contributed by atoms with Gasteiger partial charge in [-0.2, -0.15) is 9.29 Å². The number of piperidine rings is 1. The van der Waals surface area contributed by atoms with Crippen molar-refractivity contribution in [3.8, 4) is 11.4 Å². The van der Waals surface area contributed by atoms with Gasteiger partial charge in [0, 0.05) is 25.2 Å². The lowest BCUT2D eigenvalue weighted by Gasteiger charge is -2.34. The molecule has 0 bridgehead atoms. The molecule has 0 spiro atoms. The summed E-state index contributed by atoms with van der Waals surface area (Å²) in [6, 6.07) is 12.0. The maximum absolute atomic E-state index is 13.6. The highest BCUT2D eigenvalue weighted by atomic mass is 32.2. The van der Waals surface area contributed by atoms with E-state index in [1.165, 1.54) is 16.4 Å². The average Bonchev–Trinajstić information content (AvgIpc) is 3.55. The number of aromatic nitrogens is 2. The summed E-state index contributed by atoms with van der Waals surface area (Å²) in [6.07, 6.45) is 2.64. The SMILES string of the molecule is Cc1ccc(S(=O)(=O)N2CCC[C@H]2C(=O)N2CCCC(c3nc(-c4cccc(F)c4)no3)C2)cc1. The van der Waals surface area contributed by atoms with Gasteiger partial charge in [-0.25, -0.2) is 12.8 Å². The fraction of sp³-hybridized carbons (Fsp3) is 0.400. The number of carbonyl (C=O) groups excluding carboxylic acids is 1. The standard InChI is InChI=1S/C25H27FN4O4S/c1-17-9-11-21(12-10-17)35(32,33)30-14-4-8-22(30)25(31)29-13-3-6-19(16-29)24-27-23(28-34-24)18-5-2-7-20(26)15-18/h2,5,7,9-12,15,19,22H,3-4,6,8,13-14,16H2,1H3/t19?,22-/m0/s1. The van der Waals surface area contributed by atoms with Gasteiger partial charge in [-0.05, 0) is 56.9 Å². The van der Waals surface area contributed by atoms with Crippen molar-refractivity contribution in [2.24, 2.45) is 0 Å². The second kappa shape index (κ2) is 9.50. The van der Waals surface area contributed by atoms with Gasteiger partial charge in [-0.15, -0.1) is 0 Å². The van der Waals surface area contributed by atoms with E-state index in [4.69, 9.17) is 4.52 Å². The molecule has 2 aromatic carbocycles. The lowest BCUT2D eigenvalue weighted by Crippen LogP contribution is -2.50. The molecule has 10 heteroatoms. The Kier molecular flexibility index (Phi) is 6.41. The number of aryl methyl sites for hydroxylation is 1. The van der Waals surface area contributed by atoms with Gasteiger partial charge in [0.2, 0.25) is 27.6 Å². The second-order valence-corrected chi connectivity index (χ2v) is 11.1. The third kappa shape index (κ3) is 4.72. The van der Waals surface area contributed by atoms with Crippen LogP contribution in [0, 0.1) is 12.7 Å². The molecule has 1 unspecified atom stereocenters. The van der Waals surface area contributed by atoms with E-state index in [0.717, 1.165) is 18.4 Å². The lowest BCUT2D eigenvalue weighted by molar-refractivity contribution is -0.136. The Labute approximate surface area is 203 Å². The minimum atomic E-state index is -3.77. The van der Waals surface area contributed by atoms with Gasteiger partial charge in [0.25, 0.3) is 0 Å². The molecule has 2 saturated heterocycles. The molecular weight excluding hydrogens is 471 g/mol. The third-order valence-corrected chi connectivity index (χ3v) is 8.65. The Bertz CT molecular complexity index is 1330. The molecule has 184 valence electrons. The highest BCUT2D eigenvalue weighted by molar-refractivity contribution is 7.89. The van der Waals surface area contributed by atoms with Crippen LogP contribution in [0.3, 0.4) is 0 Å². The number of benzene rings is 2. The molecular formula is C25H27FN4O4S. The molecule has 1 amide bonds. The first-order valence-corrected chi connectivity index (χ1v) is 13.2. The maximum Gasteiger partial charge on any atom is 0.243 e.